The lowest BCUT2D eigenvalue weighted by Crippen LogP contribution is -2.29. The third-order valence-electron chi connectivity index (χ3n) is 5.92. The number of ketones is 1. The van der Waals surface area contributed by atoms with Crippen molar-refractivity contribution in [1.29, 1.82) is 0 Å². The molecule has 1 saturated heterocycles. The highest BCUT2D eigenvalue weighted by Crippen LogP contribution is 2.45. The van der Waals surface area contributed by atoms with Crippen LogP contribution in [0.5, 0.6) is 17.2 Å². The van der Waals surface area contributed by atoms with Gasteiger partial charge in [-0.25, -0.2) is 0 Å². The number of carbonyl (C=O) groups excluding carboxylic acids is 2. The average molecular weight is 475 g/mol. The second-order valence-electron chi connectivity index (χ2n) is 8.80. The Kier molecular flexibility index (Phi) is 5.51. The summed E-state index contributed by atoms with van der Waals surface area (Å²) in [4.78, 5) is 27.9. The maximum atomic E-state index is 13.3. The number of fused-ring (bicyclic) bond motifs is 1. The summed E-state index contributed by atoms with van der Waals surface area (Å²) in [5.74, 6) is 0.797. The summed E-state index contributed by atoms with van der Waals surface area (Å²) < 4.78 is 22.5. The minimum atomic E-state index is -0.962. The molecular formula is C27H25NO7. The number of hydrogen-bond acceptors (Lipinski definition) is 7. The van der Waals surface area contributed by atoms with E-state index in [1.165, 1.54) is 4.90 Å². The van der Waals surface area contributed by atoms with E-state index in [1.807, 2.05) is 20.8 Å². The number of carbonyl (C=O) groups is 2. The number of furan rings is 1. The lowest BCUT2D eigenvalue weighted by atomic mass is 9.98. The third kappa shape index (κ3) is 3.90. The van der Waals surface area contributed by atoms with Gasteiger partial charge in [-0.1, -0.05) is 0 Å². The van der Waals surface area contributed by atoms with Crippen LogP contribution in [-0.4, -0.2) is 29.7 Å². The van der Waals surface area contributed by atoms with Crippen LogP contribution < -0.4 is 19.1 Å². The monoisotopic (exact) mass is 475 g/mol. The van der Waals surface area contributed by atoms with E-state index in [-0.39, 0.29) is 24.2 Å². The molecule has 8 nitrogen and oxygen atoms in total. The van der Waals surface area contributed by atoms with Crippen molar-refractivity contribution >= 4 is 23.1 Å². The lowest BCUT2D eigenvalue weighted by Gasteiger charge is -2.23. The molecule has 3 aromatic rings. The first-order valence-corrected chi connectivity index (χ1v) is 11.3. The molecule has 2 aliphatic heterocycles. The van der Waals surface area contributed by atoms with Crippen molar-refractivity contribution in [3.05, 3.63) is 76.8 Å². The Morgan fingerprint density at radius 2 is 1.80 bits per heavy atom. The van der Waals surface area contributed by atoms with Crippen molar-refractivity contribution in [3.63, 3.8) is 0 Å². The number of aryl methyl sites for hydroxylation is 2. The van der Waals surface area contributed by atoms with Gasteiger partial charge < -0.3 is 23.7 Å². The molecule has 0 spiro atoms. The van der Waals surface area contributed by atoms with Gasteiger partial charge in [0.15, 0.2) is 11.5 Å². The van der Waals surface area contributed by atoms with Crippen molar-refractivity contribution in [1.82, 2.24) is 0 Å². The maximum Gasteiger partial charge on any atom is 0.300 e. The molecular weight excluding hydrogens is 450 g/mol. The van der Waals surface area contributed by atoms with E-state index in [4.69, 9.17) is 18.6 Å². The largest absolute Gasteiger partial charge is 0.507 e. The molecule has 1 N–H and O–H groups in total. The van der Waals surface area contributed by atoms with Crippen molar-refractivity contribution in [2.75, 3.05) is 11.7 Å². The first-order chi connectivity index (χ1) is 16.7. The normalized spacial score (nSPS) is 18.5. The molecule has 0 saturated carbocycles. The second-order valence-corrected chi connectivity index (χ2v) is 8.80. The van der Waals surface area contributed by atoms with Crippen LogP contribution >= 0.6 is 0 Å². The predicted octanol–water partition coefficient (Wildman–Crippen LogP) is 5.04. The van der Waals surface area contributed by atoms with Crippen molar-refractivity contribution in [2.45, 2.75) is 39.8 Å². The first kappa shape index (κ1) is 22.6. The van der Waals surface area contributed by atoms with Gasteiger partial charge in [0.05, 0.1) is 11.7 Å². The number of anilines is 1. The zero-order valence-electron chi connectivity index (χ0n) is 19.8. The molecule has 35 heavy (non-hydrogen) atoms. The number of benzene rings is 2. The molecule has 1 amide bonds. The van der Waals surface area contributed by atoms with Gasteiger partial charge in [0.2, 0.25) is 6.79 Å². The molecule has 2 aromatic carbocycles. The highest BCUT2D eigenvalue weighted by molar-refractivity contribution is 6.51. The SMILES string of the molecule is Cc1ccc(C2/C(=C(/O)c3ccc(OC(C)C)c(C)c3)C(=O)C(=O)N2c2ccc3c(c2)OCO3)o1. The lowest BCUT2D eigenvalue weighted by molar-refractivity contribution is -0.132. The van der Waals surface area contributed by atoms with Gasteiger partial charge in [-0.15, -0.1) is 0 Å². The van der Waals surface area contributed by atoms with Gasteiger partial charge in [0.25, 0.3) is 11.7 Å². The van der Waals surface area contributed by atoms with Gasteiger partial charge in [-0.2, -0.15) is 0 Å². The molecule has 180 valence electrons. The predicted molar refractivity (Wildman–Crippen MR) is 128 cm³/mol. The summed E-state index contributed by atoms with van der Waals surface area (Å²) in [6.07, 6.45) is -0.0117. The number of Topliss-reactive ketones (excluding diaryl/α,β-unsaturated/α-hetero) is 1. The summed E-state index contributed by atoms with van der Waals surface area (Å²) in [6, 6.07) is 12.6. The number of ether oxygens (including phenoxy) is 3. The minimum Gasteiger partial charge on any atom is -0.507 e. The molecule has 2 aliphatic rings. The Morgan fingerprint density at radius 3 is 2.49 bits per heavy atom. The molecule has 0 radical (unpaired) electrons. The highest BCUT2D eigenvalue weighted by atomic mass is 16.7. The topological polar surface area (TPSA) is 98.4 Å². The van der Waals surface area contributed by atoms with E-state index in [9.17, 15) is 14.7 Å². The van der Waals surface area contributed by atoms with Crippen molar-refractivity contribution < 1.29 is 33.3 Å². The Balaban J connectivity index is 1.64. The van der Waals surface area contributed by atoms with E-state index in [0.29, 0.717) is 40.0 Å². The van der Waals surface area contributed by atoms with Crippen LogP contribution in [0.15, 0.2) is 58.5 Å². The summed E-state index contributed by atoms with van der Waals surface area (Å²) in [5.41, 5.74) is 1.55. The summed E-state index contributed by atoms with van der Waals surface area (Å²) in [6.45, 7) is 7.56. The van der Waals surface area contributed by atoms with Crippen LogP contribution in [0.3, 0.4) is 0 Å². The maximum absolute atomic E-state index is 13.3. The number of nitrogens with zero attached hydrogens (tertiary/aromatic N) is 1. The molecule has 1 atom stereocenters. The molecule has 1 fully saturated rings. The van der Waals surface area contributed by atoms with Gasteiger partial charge >= 0.3 is 0 Å². The zero-order valence-corrected chi connectivity index (χ0v) is 19.8. The van der Waals surface area contributed by atoms with E-state index >= 15 is 0 Å². The van der Waals surface area contributed by atoms with Crippen molar-refractivity contribution in [3.8, 4) is 17.2 Å². The fourth-order valence-electron chi connectivity index (χ4n) is 4.34. The number of rotatable bonds is 5. The Labute approximate surface area is 202 Å². The summed E-state index contributed by atoms with van der Waals surface area (Å²) >= 11 is 0. The van der Waals surface area contributed by atoms with Crippen LogP contribution in [0.2, 0.25) is 0 Å². The Morgan fingerprint density at radius 1 is 1.03 bits per heavy atom. The quantitative estimate of drug-likeness (QED) is 0.314. The number of aliphatic hydroxyl groups is 1. The zero-order chi connectivity index (χ0) is 24.9. The molecule has 0 bridgehead atoms. The third-order valence-corrected chi connectivity index (χ3v) is 5.92. The fraction of sp³-hybridized carbons (Fsp3) is 0.259. The standard InChI is InChI=1S/C27H25NO7/c1-14(2)34-19-9-6-17(11-15(19)3)25(29)23-24(21-8-5-16(4)35-21)28(27(31)26(23)30)18-7-10-20-22(12-18)33-13-32-20/h5-12,14,24,29H,13H2,1-4H3/b25-23-. The van der Waals surface area contributed by atoms with E-state index in [2.05, 4.69) is 0 Å². The van der Waals surface area contributed by atoms with E-state index in [1.54, 1.807) is 55.5 Å². The highest BCUT2D eigenvalue weighted by Gasteiger charge is 2.48. The van der Waals surface area contributed by atoms with Crippen LogP contribution in [0.25, 0.3) is 5.76 Å². The Bertz CT molecular complexity index is 1370. The molecule has 0 aliphatic carbocycles. The fourth-order valence-corrected chi connectivity index (χ4v) is 4.34. The van der Waals surface area contributed by atoms with Crippen molar-refractivity contribution in [2.24, 2.45) is 0 Å². The molecule has 1 unspecified atom stereocenters. The number of amides is 1. The minimum absolute atomic E-state index is 0.0117. The van der Waals surface area contributed by atoms with Gasteiger partial charge in [-0.05, 0) is 75.7 Å². The first-order valence-electron chi connectivity index (χ1n) is 11.3. The molecule has 3 heterocycles. The smallest absolute Gasteiger partial charge is 0.300 e. The van der Waals surface area contributed by atoms with E-state index in [0.717, 1.165) is 5.56 Å². The number of hydrogen-bond donors (Lipinski definition) is 1. The Hall–Kier alpha value is -4.20. The van der Waals surface area contributed by atoms with E-state index < -0.39 is 17.7 Å². The summed E-state index contributed by atoms with van der Waals surface area (Å²) in [7, 11) is 0. The van der Waals surface area contributed by atoms with Crippen LogP contribution in [0.4, 0.5) is 5.69 Å². The van der Waals surface area contributed by atoms with Gasteiger partial charge in [-0.3, -0.25) is 14.5 Å². The van der Waals surface area contributed by atoms with Crippen LogP contribution in [0.1, 0.15) is 42.5 Å². The van der Waals surface area contributed by atoms with Gasteiger partial charge in [0.1, 0.15) is 29.1 Å². The van der Waals surface area contributed by atoms with Gasteiger partial charge in [0, 0.05) is 17.3 Å². The van der Waals surface area contributed by atoms with Crippen LogP contribution in [-0.2, 0) is 9.59 Å². The molecule has 5 rings (SSSR count). The molecule has 8 heteroatoms. The van der Waals surface area contributed by atoms with Crippen LogP contribution in [0, 0.1) is 13.8 Å². The summed E-state index contributed by atoms with van der Waals surface area (Å²) in [5, 5.41) is 11.3. The number of aliphatic hydroxyl groups excluding tert-OH is 1. The molecule has 1 aromatic heterocycles. The second kappa shape index (κ2) is 8.54. The average Bonchev–Trinajstić information content (AvgIpc) is 3.52.